The molecule has 1 aliphatic heterocycles. The number of rotatable bonds is 4. The Hall–Kier alpha value is -2.13. The van der Waals surface area contributed by atoms with Crippen LogP contribution in [-0.4, -0.2) is 17.6 Å². The second-order valence-corrected chi connectivity index (χ2v) is 6.78. The number of carbonyl (C=O) groups is 1. The molecular formula is C20H23NO2. The van der Waals surface area contributed by atoms with Crippen LogP contribution in [0.2, 0.25) is 0 Å². The van der Waals surface area contributed by atoms with E-state index in [4.69, 9.17) is 10.5 Å². The first kappa shape index (κ1) is 15.8. The van der Waals surface area contributed by atoms with E-state index in [1.54, 1.807) is 0 Å². The fourth-order valence-electron chi connectivity index (χ4n) is 3.27. The molecule has 0 radical (unpaired) electrons. The predicted octanol–water partition coefficient (Wildman–Crippen LogP) is 3.49. The lowest BCUT2D eigenvalue weighted by molar-refractivity contribution is -0.118. The zero-order chi connectivity index (χ0) is 16.4. The monoisotopic (exact) mass is 309 g/mol. The third-order valence-corrected chi connectivity index (χ3v) is 4.41. The first-order chi connectivity index (χ1) is 10.9. The first-order valence-electron chi connectivity index (χ1n) is 8.05. The number of fused-ring (bicyclic) bond motifs is 1. The minimum atomic E-state index is -0.285. The average molecular weight is 309 g/mol. The molecule has 0 aromatic heterocycles. The van der Waals surface area contributed by atoms with Gasteiger partial charge in [0, 0.05) is 18.3 Å². The van der Waals surface area contributed by atoms with Crippen LogP contribution < -0.4 is 5.73 Å². The molecule has 0 saturated carbocycles. The highest BCUT2D eigenvalue weighted by Crippen LogP contribution is 2.36. The first-order valence-corrected chi connectivity index (χ1v) is 8.05. The Balaban J connectivity index is 1.91. The van der Waals surface area contributed by atoms with Gasteiger partial charge in [0.15, 0.2) is 0 Å². The molecule has 3 heteroatoms. The van der Waals surface area contributed by atoms with Crippen molar-refractivity contribution < 1.29 is 9.53 Å². The van der Waals surface area contributed by atoms with Gasteiger partial charge in [0.2, 0.25) is 5.91 Å². The maximum absolute atomic E-state index is 11.5. The normalized spacial score (nSPS) is 26.3. The van der Waals surface area contributed by atoms with E-state index >= 15 is 0 Å². The molecule has 3 atom stereocenters. The summed E-state index contributed by atoms with van der Waals surface area (Å²) in [5.41, 5.74) is 7.48. The van der Waals surface area contributed by atoms with Gasteiger partial charge in [0.05, 0.1) is 11.7 Å². The van der Waals surface area contributed by atoms with Crippen molar-refractivity contribution in [1.29, 1.82) is 0 Å². The van der Waals surface area contributed by atoms with Crippen molar-refractivity contribution in [3.05, 3.63) is 71.8 Å². The van der Waals surface area contributed by atoms with Gasteiger partial charge < -0.3 is 10.5 Å². The molecule has 0 bridgehead atoms. The Morgan fingerprint density at radius 3 is 2.70 bits per heavy atom. The van der Waals surface area contributed by atoms with E-state index in [1.807, 2.05) is 30.3 Å². The molecule has 0 spiro atoms. The molecule has 0 fully saturated rings. The summed E-state index contributed by atoms with van der Waals surface area (Å²) in [4.78, 5) is 11.5. The van der Waals surface area contributed by atoms with Crippen molar-refractivity contribution in [2.45, 2.75) is 37.9 Å². The van der Waals surface area contributed by atoms with Gasteiger partial charge in [-0.15, -0.1) is 0 Å². The minimum Gasteiger partial charge on any atom is -0.370 e. The second kappa shape index (κ2) is 6.17. The summed E-state index contributed by atoms with van der Waals surface area (Å²) in [5.74, 6) is -0.0804. The number of ether oxygens (including phenoxy) is 1. The Labute approximate surface area is 137 Å². The number of hydrogen-bond donors (Lipinski definition) is 1. The van der Waals surface area contributed by atoms with Crippen molar-refractivity contribution in [3.63, 3.8) is 0 Å². The van der Waals surface area contributed by atoms with Gasteiger partial charge >= 0.3 is 0 Å². The minimum absolute atomic E-state index is 0.00534. The lowest BCUT2D eigenvalue weighted by atomic mass is 9.80. The lowest BCUT2D eigenvalue weighted by Gasteiger charge is -2.36. The number of amides is 1. The molecule has 1 aromatic rings. The van der Waals surface area contributed by atoms with Crippen LogP contribution in [0.15, 0.2) is 66.3 Å². The van der Waals surface area contributed by atoms with Crippen LogP contribution in [0.3, 0.4) is 0 Å². The summed E-state index contributed by atoms with van der Waals surface area (Å²) >= 11 is 0. The Morgan fingerprint density at radius 1 is 1.26 bits per heavy atom. The van der Waals surface area contributed by atoms with Gasteiger partial charge in [-0.05, 0) is 25.0 Å². The summed E-state index contributed by atoms with van der Waals surface area (Å²) in [5, 5.41) is 0. The molecule has 0 saturated heterocycles. The molecule has 2 aliphatic rings. The quantitative estimate of drug-likeness (QED) is 0.866. The second-order valence-electron chi connectivity index (χ2n) is 6.78. The Bertz CT molecular complexity index is 670. The van der Waals surface area contributed by atoms with Crippen LogP contribution in [0.1, 0.15) is 31.7 Å². The number of allylic oxidation sites excluding steroid dienone is 2. The SMILES string of the molecule is CC1(C)C=CC2C=C(C(CC(N)=O)c3ccccc3)C=CC2O1. The highest BCUT2D eigenvalue weighted by Gasteiger charge is 2.32. The van der Waals surface area contributed by atoms with E-state index in [0.29, 0.717) is 6.42 Å². The third kappa shape index (κ3) is 3.62. The topological polar surface area (TPSA) is 52.3 Å². The van der Waals surface area contributed by atoms with E-state index in [1.165, 1.54) is 0 Å². The van der Waals surface area contributed by atoms with Gasteiger partial charge in [0.25, 0.3) is 0 Å². The molecule has 1 amide bonds. The predicted molar refractivity (Wildman–Crippen MR) is 91.8 cm³/mol. The maximum Gasteiger partial charge on any atom is 0.218 e. The largest absolute Gasteiger partial charge is 0.370 e. The molecular weight excluding hydrogens is 286 g/mol. The van der Waals surface area contributed by atoms with E-state index in [-0.39, 0.29) is 29.4 Å². The summed E-state index contributed by atoms with van der Waals surface area (Å²) in [7, 11) is 0. The Morgan fingerprint density at radius 2 is 2.00 bits per heavy atom. The van der Waals surface area contributed by atoms with Crippen LogP contribution in [0, 0.1) is 5.92 Å². The number of carbonyl (C=O) groups excluding carboxylic acids is 1. The fraction of sp³-hybridized carbons (Fsp3) is 0.350. The molecule has 2 N–H and O–H groups in total. The van der Waals surface area contributed by atoms with Gasteiger partial charge in [0.1, 0.15) is 0 Å². The van der Waals surface area contributed by atoms with Crippen LogP contribution in [0.5, 0.6) is 0 Å². The van der Waals surface area contributed by atoms with Crippen molar-refractivity contribution in [2.75, 3.05) is 0 Å². The van der Waals surface area contributed by atoms with E-state index in [9.17, 15) is 4.79 Å². The van der Waals surface area contributed by atoms with Crippen molar-refractivity contribution in [1.82, 2.24) is 0 Å². The fourth-order valence-corrected chi connectivity index (χ4v) is 3.27. The van der Waals surface area contributed by atoms with Crippen LogP contribution >= 0.6 is 0 Å². The third-order valence-electron chi connectivity index (χ3n) is 4.41. The van der Waals surface area contributed by atoms with E-state index in [0.717, 1.165) is 11.1 Å². The smallest absolute Gasteiger partial charge is 0.218 e. The number of primary amides is 1. The van der Waals surface area contributed by atoms with Crippen LogP contribution in [0.25, 0.3) is 0 Å². The zero-order valence-electron chi connectivity index (χ0n) is 13.6. The van der Waals surface area contributed by atoms with Crippen molar-refractivity contribution in [3.8, 4) is 0 Å². The summed E-state index contributed by atoms with van der Waals surface area (Å²) in [6, 6.07) is 10.1. The molecule has 3 nitrogen and oxygen atoms in total. The van der Waals surface area contributed by atoms with Crippen LogP contribution in [-0.2, 0) is 9.53 Å². The van der Waals surface area contributed by atoms with Gasteiger partial charge in [-0.1, -0.05) is 60.7 Å². The molecule has 23 heavy (non-hydrogen) atoms. The lowest BCUT2D eigenvalue weighted by Crippen LogP contribution is -2.36. The van der Waals surface area contributed by atoms with E-state index < -0.39 is 0 Å². The molecule has 1 heterocycles. The summed E-state index contributed by atoms with van der Waals surface area (Å²) in [6.45, 7) is 4.12. The van der Waals surface area contributed by atoms with Crippen molar-refractivity contribution >= 4 is 5.91 Å². The average Bonchev–Trinajstić information content (AvgIpc) is 2.52. The number of nitrogens with two attached hydrogens (primary N) is 1. The molecule has 3 unspecified atom stereocenters. The highest BCUT2D eigenvalue weighted by molar-refractivity contribution is 5.75. The summed E-state index contributed by atoms with van der Waals surface area (Å²) < 4.78 is 6.08. The van der Waals surface area contributed by atoms with Gasteiger partial charge in [-0.3, -0.25) is 4.79 Å². The highest BCUT2D eigenvalue weighted by atomic mass is 16.5. The van der Waals surface area contributed by atoms with E-state index in [2.05, 4.69) is 44.2 Å². The van der Waals surface area contributed by atoms with Crippen molar-refractivity contribution in [2.24, 2.45) is 11.7 Å². The van der Waals surface area contributed by atoms with Gasteiger partial charge in [-0.2, -0.15) is 0 Å². The number of benzene rings is 1. The molecule has 3 rings (SSSR count). The standard InChI is InChI=1S/C20H23NO2/c1-20(2)11-10-16-12-15(8-9-18(16)23-20)17(13-19(21)22)14-6-4-3-5-7-14/h3-12,16-18H,13H2,1-2H3,(H2,21,22). The molecule has 120 valence electrons. The van der Waals surface area contributed by atoms with Crippen LogP contribution in [0.4, 0.5) is 0 Å². The Kier molecular flexibility index (Phi) is 4.22. The summed E-state index contributed by atoms with van der Waals surface area (Å²) in [6.07, 6.45) is 11.1. The zero-order valence-corrected chi connectivity index (χ0v) is 13.6. The maximum atomic E-state index is 11.5. The molecule has 1 aliphatic carbocycles. The molecule has 1 aromatic carbocycles. The number of hydrogen-bond acceptors (Lipinski definition) is 2. The van der Waals surface area contributed by atoms with Gasteiger partial charge in [-0.25, -0.2) is 0 Å².